The Balaban J connectivity index is 1.42. The van der Waals surface area contributed by atoms with Crippen LogP contribution in [0.5, 0.6) is 11.5 Å². The van der Waals surface area contributed by atoms with Crippen molar-refractivity contribution >= 4 is 29.2 Å². The lowest BCUT2D eigenvalue weighted by Crippen LogP contribution is -2.40. The summed E-state index contributed by atoms with van der Waals surface area (Å²) < 4.78 is 5.31. The van der Waals surface area contributed by atoms with Gasteiger partial charge in [-0.05, 0) is 61.6 Å². The number of nitrogens with zero attached hydrogens (tertiary/aromatic N) is 2. The number of ether oxygens (including phenoxy) is 1. The molecule has 0 aliphatic carbocycles. The largest absolute Gasteiger partial charge is 0.507 e. The van der Waals surface area contributed by atoms with Crippen LogP contribution in [0.2, 0.25) is 5.02 Å². The lowest BCUT2D eigenvalue weighted by molar-refractivity contribution is -0.137. The van der Waals surface area contributed by atoms with Crippen molar-refractivity contribution in [1.29, 1.82) is 0 Å². The van der Waals surface area contributed by atoms with Gasteiger partial charge in [-0.25, -0.2) is 4.79 Å². The van der Waals surface area contributed by atoms with Gasteiger partial charge in [0.1, 0.15) is 17.1 Å². The number of cyclic esters (lactones) is 1. The lowest BCUT2D eigenvalue weighted by atomic mass is 9.90. The molecule has 2 N–H and O–H groups in total. The first-order valence-electron chi connectivity index (χ1n) is 13.6. The Labute approximate surface area is 239 Å². The maximum atomic E-state index is 12.8. The van der Waals surface area contributed by atoms with Crippen molar-refractivity contribution in [1.82, 2.24) is 4.90 Å². The minimum absolute atomic E-state index is 0.0311. The van der Waals surface area contributed by atoms with E-state index in [-0.39, 0.29) is 47.4 Å². The Bertz CT molecular complexity index is 1270. The number of oxime groups is 1. The fraction of sp³-hybridized carbons (Fsp3) is 0.387. The predicted molar refractivity (Wildman–Crippen MR) is 154 cm³/mol. The lowest BCUT2D eigenvalue weighted by Gasteiger charge is -2.31. The van der Waals surface area contributed by atoms with Gasteiger partial charge in [0.15, 0.2) is 6.61 Å². The van der Waals surface area contributed by atoms with Gasteiger partial charge >= 0.3 is 5.97 Å². The molecule has 0 radical (unpaired) electrons. The average Bonchev–Trinajstić information content (AvgIpc) is 2.95. The van der Waals surface area contributed by atoms with Crippen LogP contribution in [0.15, 0.2) is 65.9 Å². The first kappa shape index (κ1) is 29.2. The van der Waals surface area contributed by atoms with Crippen LogP contribution in [0, 0.1) is 5.92 Å². The molecule has 8 nitrogen and oxygen atoms in total. The summed E-state index contributed by atoms with van der Waals surface area (Å²) >= 11 is 6.35. The number of benzene rings is 2. The second kappa shape index (κ2) is 14.6. The van der Waals surface area contributed by atoms with Crippen LogP contribution >= 0.6 is 11.6 Å². The minimum atomic E-state index is -0.755. The number of carbonyl (C=O) groups excluding carboxylic acids is 2. The number of amides is 1. The number of allylic oxidation sites excluding steroid dienone is 3. The maximum Gasteiger partial charge on any atom is 0.342 e. The molecule has 2 aliphatic rings. The number of hydrogen-bond donors (Lipinski definition) is 2. The second-order valence-electron chi connectivity index (χ2n) is 10.0. The summed E-state index contributed by atoms with van der Waals surface area (Å²) in [6.07, 6.45) is 12.5. The number of likely N-dealkylation sites (tertiary alicyclic amines) is 1. The zero-order chi connectivity index (χ0) is 28.3. The van der Waals surface area contributed by atoms with Gasteiger partial charge in [-0.3, -0.25) is 4.79 Å². The Morgan fingerprint density at radius 2 is 1.77 bits per heavy atom. The van der Waals surface area contributed by atoms with Gasteiger partial charge in [0, 0.05) is 25.6 Å². The van der Waals surface area contributed by atoms with Crippen LogP contribution < -0.4 is 0 Å². The molecule has 0 aromatic heterocycles. The van der Waals surface area contributed by atoms with Crippen LogP contribution in [0.25, 0.3) is 0 Å². The highest BCUT2D eigenvalue weighted by Gasteiger charge is 2.25. The van der Waals surface area contributed by atoms with Crippen LogP contribution in [0.1, 0.15) is 53.6 Å². The number of halogens is 1. The molecule has 0 spiro atoms. The summed E-state index contributed by atoms with van der Waals surface area (Å²) in [6, 6.07) is 11.4. The first-order valence-corrected chi connectivity index (χ1v) is 14.0. The maximum absolute atomic E-state index is 12.8. The highest BCUT2D eigenvalue weighted by atomic mass is 35.5. The highest BCUT2D eigenvalue weighted by molar-refractivity contribution is 6.33. The Morgan fingerprint density at radius 1 is 1.05 bits per heavy atom. The minimum Gasteiger partial charge on any atom is -0.507 e. The van der Waals surface area contributed by atoms with Crippen molar-refractivity contribution in [3.63, 3.8) is 0 Å². The standard InChI is InChI=1S/C31H35ClN2O6/c32-30-25-19-24(12-8-3-1-2-4-9-17-39-31(38)29(25)26(35)20-27(30)36)33-40-21-28(37)34-15-13-23(14-16-34)18-22-10-6-5-7-11-22/h2,4-8,10-12,20,23,35-36H,1,3,9,13-19,21H2/b4-2+,12-8+,33-24-. The van der Waals surface area contributed by atoms with Crippen molar-refractivity contribution in [2.45, 2.75) is 44.9 Å². The predicted octanol–water partition coefficient (Wildman–Crippen LogP) is 5.60. The van der Waals surface area contributed by atoms with E-state index in [2.05, 4.69) is 17.3 Å². The van der Waals surface area contributed by atoms with Crippen molar-refractivity contribution in [2.24, 2.45) is 11.1 Å². The number of hydrogen-bond acceptors (Lipinski definition) is 7. The summed E-state index contributed by atoms with van der Waals surface area (Å²) in [5, 5.41) is 24.7. The molecule has 40 heavy (non-hydrogen) atoms. The number of phenolic OH excluding ortho intramolecular Hbond substituents is 2. The molecule has 0 atom stereocenters. The Kier molecular flexibility index (Phi) is 10.6. The Hall–Kier alpha value is -3.78. The van der Waals surface area contributed by atoms with Crippen molar-refractivity contribution in [3.8, 4) is 11.5 Å². The first-order chi connectivity index (χ1) is 19.4. The normalized spacial score (nSPS) is 19.8. The third kappa shape index (κ3) is 8.11. The molecule has 2 heterocycles. The number of carbonyl (C=O) groups is 2. The number of phenols is 2. The molecule has 2 aliphatic heterocycles. The molecule has 212 valence electrons. The topological polar surface area (TPSA) is 109 Å². The van der Waals surface area contributed by atoms with Gasteiger partial charge < -0.3 is 24.7 Å². The van der Waals surface area contributed by atoms with E-state index in [1.54, 1.807) is 11.0 Å². The van der Waals surface area contributed by atoms with Crippen LogP contribution in [0.3, 0.4) is 0 Å². The Morgan fingerprint density at radius 3 is 2.55 bits per heavy atom. The van der Waals surface area contributed by atoms with E-state index in [1.165, 1.54) is 5.56 Å². The summed E-state index contributed by atoms with van der Waals surface area (Å²) in [5.74, 6) is -1.17. The molecule has 2 aromatic rings. The van der Waals surface area contributed by atoms with Crippen LogP contribution in [-0.4, -0.2) is 59.0 Å². The molecule has 1 fully saturated rings. The van der Waals surface area contributed by atoms with Gasteiger partial charge in [-0.2, -0.15) is 0 Å². The molecule has 1 saturated heterocycles. The van der Waals surface area contributed by atoms with E-state index < -0.39 is 11.7 Å². The number of piperidine rings is 1. The van der Waals surface area contributed by atoms with Crippen molar-refractivity contribution in [2.75, 3.05) is 26.3 Å². The van der Waals surface area contributed by atoms with Crippen molar-refractivity contribution in [3.05, 3.63) is 82.4 Å². The SMILES string of the molecule is O=C1OCC/C=C/CC/C=C/C(=N/OCC(=O)N2CCC(Cc3ccccc3)CC2)Cc2c(Cl)c(O)cc(O)c21. The summed E-state index contributed by atoms with van der Waals surface area (Å²) in [6.45, 7) is 1.26. The monoisotopic (exact) mass is 566 g/mol. The van der Waals surface area contributed by atoms with E-state index >= 15 is 0 Å². The van der Waals surface area contributed by atoms with Crippen molar-refractivity contribution < 1.29 is 29.4 Å². The third-order valence-electron chi connectivity index (χ3n) is 7.08. The molecule has 0 saturated carbocycles. The number of rotatable bonds is 5. The number of fused-ring (bicyclic) bond motifs is 1. The molecule has 4 rings (SSSR count). The average molecular weight is 567 g/mol. The van der Waals surface area contributed by atoms with Crippen LogP contribution in [0.4, 0.5) is 0 Å². The second-order valence-corrected chi connectivity index (χ2v) is 10.4. The smallest absolute Gasteiger partial charge is 0.342 e. The van der Waals surface area contributed by atoms with Gasteiger partial charge in [0.25, 0.3) is 5.91 Å². The molecule has 1 amide bonds. The molecule has 0 unspecified atom stereocenters. The molecule has 2 aromatic carbocycles. The third-order valence-corrected chi connectivity index (χ3v) is 7.50. The zero-order valence-corrected chi connectivity index (χ0v) is 23.2. The molecule has 9 heteroatoms. The number of esters is 1. The van der Waals surface area contributed by atoms with Gasteiger partial charge in [-0.1, -0.05) is 65.3 Å². The summed E-state index contributed by atoms with van der Waals surface area (Å²) in [5.41, 5.74) is 1.71. The van der Waals surface area contributed by atoms with Crippen LogP contribution in [-0.2, 0) is 27.2 Å². The highest BCUT2D eigenvalue weighted by Crippen LogP contribution is 2.37. The van der Waals surface area contributed by atoms with E-state index in [0.717, 1.165) is 38.2 Å². The zero-order valence-electron chi connectivity index (χ0n) is 22.4. The summed E-state index contributed by atoms with van der Waals surface area (Å²) in [7, 11) is 0. The van der Waals surface area contributed by atoms with Gasteiger partial charge in [0.2, 0.25) is 0 Å². The molecule has 0 bridgehead atoms. The van der Waals surface area contributed by atoms with Gasteiger partial charge in [-0.15, -0.1) is 0 Å². The van der Waals surface area contributed by atoms with E-state index in [0.29, 0.717) is 31.1 Å². The number of aromatic hydroxyl groups is 2. The molecular weight excluding hydrogens is 532 g/mol. The van der Waals surface area contributed by atoms with E-state index in [1.807, 2.05) is 36.4 Å². The fourth-order valence-corrected chi connectivity index (χ4v) is 5.13. The van der Waals surface area contributed by atoms with E-state index in [9.17, 15) is 19.8 Å². The van der Waals surface area contributed by atoms with Gasteiger partial charge in [0.05, 0.1) is 17.3 Å². The quantitative estimate of drug-likeness (QED) is 0.277. The summed E-state index contributed by atoms with van der Waals surface area (Å²) in [4.78, 5) is 32.9. The van der Waals surface area contributed by atoms with E-state index in [4.69, 9.17) is 21.2 Å². The molecular formula is C31H35ClN2O6. The fourth-order valence-electron chi connectivity index (χ4n) is 4.92.